The SMILES string of the molecule is CC(C)CC(C)(CN)Nc1ccnc2ccccc12. The molecule has 1 unspecified atom stereocenters. The Labute approximate surface area is 115 Å². The average molecular weight is 257 g/mol. The fourth-order valence-electron chi connectivity index (χ4n) is 2.62. The number of hydrogen-bond acceptors (Lipinski definition) is 3. The summed E-state index contributed by atoms with van der Waals surface area (Å²) in [5.74, 6) is 0.606. The Morgan fingerprint density at radius 1 is 1.26 bits per heavy atom. The first-order valence-electron chi connectivity index (χ1n) is 6.86. The summed E-state index contributed by atoms with van der Waals surface area (Å²) in [4.78, 5) is 4.39. The van der Waals surface area contributed by atoms with Crippen molar-refractivity contribution < 1.29 is 0 Å². The minimum Gasteiger partial charge on any atom is -0.378 e. The standard InChI is InChI=1S/C16H23N3/c1-12(2)10-16(3,11-17)19-15-8-9-18-14-7-5-4-6-13(14)15/h4-9,12H,10-11,17H2,1-3H3,(H,18,19). The van der Waals surface area contributed by atoms with Crippen LogP contribution in [0.3, 0.4) is 0 Å². The van der Waals surface area contributed by atoms with E-state index in [-0.39, 0.29) is 5.54 Å². The number of fused-ring (bicyclic) bond motifs is 1. The van der Waals surface area contributed by atoms with E-state index < -0.39 is 0 Å². The molecule has 1 heterocycles. The van der Waals surface area contributed by atoms with Crippen LogP contribution in [0.2, 0.25) is 0 Å². The first-order valence-corrected chi connectivity index (χ1v) is 6.86. The van der Waals surface area contributed by atoms with E-state index in [1.54, 1.807) is 0 Å². The Bertz CT molecular complexity index is 545. The maximum Gasteiger partial charge on any atom is 0.0722 e. The lowest BCUT2D eigenvalue weighted by molar-refractivity contribution is 0.407. The zero-order valence-corrected chi connectivity index (χ0v) is 12.0. The lowest BCUT2D eigenvalue weighted by atomic mass is 9.90. The minimum atomic E-state index is -0.0850. The second kappa shape index (κ2) is 5.57. The van der Waals surface area contributed by atoms with Crippen molar-refractivity contribution in [3.05, 3.63) is 36.5 Å². The second-order valence-electron chi connectivity index (χ2n) is 5.86. The van der Waals surface area contributed by atoms with Gasteiger partial charge in [0.05, 0.1) is 5.52 Å². The predicted octanol–water partition coefficient (Wildman–Crippen LogP) is 3.41. The lowest BCUT2D eigenvalue weighted by Gasteiger charge is -2.32. The molecule has 0 saturated carbocycles. The molecule has 2 aromatic rings. The van der Waals surface area contributed by atoms with Crippen LogP contribution in [0.1, 0.15) is 27.2 Å². The zero-order chi connectivity index (χ0) is 13.9. The molecule has 1 atom stereocenters. The first-order chi connectivity index (χ1) is 9.04. The van der Waals surface area contributed by atoms with Crippen LogP contribution in [0.5, 0.6) is 0 Å². The van der Waals surface area contributed by atoms with Crippen LogP contribution < -0.4 is 11.1 Å². The number of rotatable bonds is 5. The van der Waals surface area contributed by atoms with Gasteiger partial charge in [-0.1, -0.05) is 32.0 Å². The van der Waals surface area contributed by atoms with Gasteiger partial charge in [-0.05, 0) is 31.4 Å². The molecule has 3 nitrogen and oxygen atoms in total. The van der Waals surface area contributed by atoms with Gasteiger partial charge in [-0.2, -0.15) is 0 Å². The van der Waals surface area contributed by atoms with Gasteiger partial charge in [0.25, 0.3) is 0 Å². The lowest BCUT2D eigenvalue weighted by Crippen LogP contribution is -2.43. The third-order valence-electron chi connectivity index (χ3n) is 3.39. The molecule has 3 N–H and O–H groups in total. The molecule has 2 rings (SSSR count). The minimum absolute atomic E-state index is 0.0850. The number of nitrogens with zero attached hydrogens (tertiary/aromatic N) is 1. The van der Waals surface area contributed by atoms with E-state index in [1.807, 2.05) is 30.5 Å². The highest BCUT2D eigenvalue weighted by molar-refractivity contribution is 5.91. The highest BCUT2D eigenvalue weighted by Gasteiger charge is 2.24. The molecule has 0 bridgehead atoms. The van der Waals surface area contributed by atoms with Crippen molar-refractivity contribution in [3.8, 4) is 0 Å². The van der Waals surface area contributed by atoms with Crippen LogP contribution >= 0.6 is 0 Å². The number of para-hydroxylation sites is 1. The second-order valence-corrected chi connectivity index (χ2v) is 5.86. The number of anilines is 1. The number of hydrogen-bond donors (Lipinski definition) is 2. The number of benzene rings is 1. The van der Waals surface area contributed by atoms with E-state index in [0.717, 1.165) is 23.0 Å². The summed E-state index contributed by atoms with van der Waals surface area (Å²) in [5.41, 5.74) is 8.01. The molecular formula is C16H23N3. The number of nitrogens with one attached hydrogen (secondary N) is 1. The average Bonchev–Trinajstić information content (AvgIpc) is 2.38. The maximum atomic E-state index is 5.97. The smallest absolute Gasteiger partial charge is 0.0722 e. The van der Waals surface area contributed by atoms with Crippen molar-refractivity contribution >= 4 is 16.6 Å². The van der Waals surface area contributed by atoms with Gasteiger partial charge in [0.15, 0.2) is 0 Å². The fraction of sp³-hybridized carbons (Fsp3) is 0.438. The summed E-state index contributed by atoms with van der Waals surface area (Å²) in [7, 11) is 0. The van der Waals surface area contributed by atoms with Crippen LogP contribution in [0.15, 0.2) is 36.5 Å². The van der Waals surface area contributed by atoms with Crippen LogP contribution in [-0.4, -0.2) is 17.1 Å². The summed E-state index contributed by atoms with van der Waals surface area (Å²) >= 11 is 0. The first kappa shape index (κ1) is 13.8. The number of aromatic nitrogens is 1. The molecule has 19 heavy (non-hydrogen) atoms. The van der Waals surface area contributed by atoms with Crippen molar-refractivity contribution in [1.29, 1.82) is 0 Å². The zero-order valence-electron chi connectivity index (χ0n) is 12.0. The van der Waals surface area contributed by atoms with E-state index in [0.29, 0.717) is 12.5 Å². The van der Waals surface area contributed by atoms with Gasteiger partial charge in [-0.15, -0.1) is 0 Å². The third-order valence-corrected chi connectivity index (χ3v) is 3.39. The Kier molecular flexibility index (Phi) is 4.05. The molecule has 0 spiro atoms. The molecule has 0 aliphatic rings. The molecule has 0 radical (unpaired) electrons. The van der Waals surface area contributed by atoms with E-state index in [1.165, 1.54) is 0 Å². The van der Waals surface area contributed by atoms with Crippen LogP contribution in [0, 0.1) is 5.92 Å². The van der Waals surface area contributed by atoms with Crippen molar-refractivity contribution in [2.45, 2.75) is 32.7 Å². The molecule has 102 valence electrons. The highest BCUT2D eigenvalue weighted by atomic mass is 15.0. The van der Waals surface area contributed by atoms with Gasteiger partial charge in [0, 0.05) is 29.4 Å². The largest absolute Gasteiger partial charge is 0.378 e. The molecule has 0 amide bonds. The van der Waals surface area contributed by atoms with Gasteiger partial charge in [-0.3, -0.25) is 4.98 Å². The van der Waals surface area contributed by atoms with Crippen LogP contribution in [0.25, 0.3) is 10.9 Å². The molecule has 0 aliphatic heterocycles. The summed E-state index contributed by atoms with van der Waals surface area (Å²) < 4.78 is 0. The molecule has 1 aromatic carbocycles. The molecular weight excluding hydrogens is 234 g/mol. The Balaban J connectivity index is 2.34. The fourth-order valence-corrected chi connectivity index (χ4v) is 2.62. The van der Waals surface area contributed by atoms with Gasteiger partial charge >= 0.3 is 0 Å². The summed E-state index contributed by atoms with van der Waals surface area (Å²) in [6.45, 7) is 7.24. The summed E-state index contributed by atoms with van der Waals surface area (Å²) in [6.07, 6.45) is 2.89. The Hall–Kier alpha value is -1.61. The third kappa shape index (κ3) is 3.24. The maximum absolute atomic E-state index is 5.97. The molecule has 0 saturated heterocycles. The molecule has 3 heteroatoms. The monoisotopic (exact) mass is 257 g/mol. The van der Waals surface area contributed by atoms with Gasteiger partial charge in [0.2, 0.25) is 0 Å². The van der Waals surface area contributed by atoms with Crippen molar-refractivity contribution in [1.82, 2.24) is 4.98 Å². The molecule has 0 fully saturated rings. The van der Waals surface area contributed by atoms with E-state index in [4.69, 9.17) is 5.73 Å². The molecule has 1 aromatic heterocycles. The van der Waals surface area contributed by atoms with E-state index >= 15 is 0 Å². The van der Waals surface area contributed by atoms with Crippen LogP contribution in [-0.2, 0) is 0 Å². The quantitative estimate of drug-likeness (QED) is 0.863. The number of nitrogens with two attached hydrogens (primary N) is 1. The topological polar surface area (TPSA) is 50.9 Å². The van der Waals surface area contributed by atoms with Crippen LogP contribution in [0.4, 0.5) is 5.69 Å². The van der Waals surface area contributed by atoms with Gasteiger partial charge < -0.3 is 11.1 Å². The van der Waals surface area contributed by atoms with Crippen molar-refractivity contribution in [3.63, 3.8) is 0 Å². The van der Waals surface area contributed by atoms with Gasteiger partial charge in [-0.25, -0.2) is 0 Å². The Morgan fingerprint density at radius 3 is 2.68 bits per heavy atom. The summed E-state index contributed by atoms with van der Waals surface area (Å²) in [6, 6.07) is 10.2. The van der Waals surface area contributed by atoms with Gasteiger partial charge in [0.1, 0.15) is 0 Å². The normalized spacial score (nSPS) is 14.6. The Morgan fingerprint density at radius 2 is 2.00 bits per heavy atom. The highest BCUT2D eigenvalue weighted by Crippen LogP contribution is 2.27. The summed E-state index contributed by atoms with van der Waals surface area (Å²) in [5, 5.41) is 4.76. The van der Waals surface area contributed by atoms with Crippen molar-refractivity contribution in [2.75, 3.05) is 11.9 Å². The van der Waals surface area contributed by atoms with E-state index in [9.17, 15) is 0 Å². The van der Waals surface area contributed by atoms with E-state index in [2.05, 4.69) is 37.1 Å². The predicted molar refractivity (Wildman–Crippen MR) is 82.3 cm³/mol. The number of pyridine rings is 1. The molecule has 0 aliphatic carbocycles. The van der Waals surface area contributed by atoms with Crippen molar-refractivity contribution in [2.24, 2.45) is 11.7 Å².